The lowest BCUT2D eigenvalue weighted by molar-refractivity contribution is 0.117. The van der Waals surface area contributed by atoms with E-state index < -0.39 is 10.0 Å². The highest BCUT2D eigenvalue weighted by molar-refractivity contribution is 7.89. The molecule has 0 radical (unpaired) electrons. The molecule has 1 saturated heterocycles. The summed E-state index contributed by atoms with van der Waals surface area (Å²) in [6.45, 7) is 0.946. The Bertz CT molecular complexity index is 576. The summed E-state index contributed by atoms with van der Waals surface area (Å²) in [5, 5.41) is 8.98. The molecule has 0 unspecified atom stereocenters. The summed E-state index contributed by atoms with van der Waals surface area (Å²) in [5.74, 6) is 0.104. The molecule has 1 heterocycles. The first-order valence-corrected chi connectivity index (χ1v) is 8.28. The van der Waals surface area contributed by atoms with Crippen LogP contribution in [0.1, 0.15) is 24.0 Å². The van der Waals surface area contributed by atoms with Gasteiger partial charge in [-0.2, -0.15) is 4.31 Å². The maximum Gasteiger partial charge on any atom is 0.243 e. The molecule has 1 aromatic carbocycles. The maximum absolute atomic E-state index is 12.4. The molecule has 1 aromatic rings. The van der Waals surface area contributed by atoms with Crippen LogP contribution in [0.3, 0.4) is 0 Å². The van der Waals surface area contributed by atoms with E-state index in [-0.39, 0.29) is 12.5 Å². The standard InChI is InChI=1S/C14H19NO3S/c16-10-11-8-15(9-11)19(17,18)14-6-5-12-3-1-2-4-13(12)7-14/h5-7,11,16H,1-4,8-10H2. The molecule has 0 aromatic heterocycles. The third-order valence-corrected chi connectivity index (χ3v) is 5.97. The zero-order valence-electron chi connectivity index (χ0n) is 10.9. The zero-order chi connectivity index (χ0) is 13.5. The van der Waals surface area contributed by atoms with Crippen LogP contribution in [0.2, 0.25) is 0 Å². The molecular formula is C14H19NO3S. The second kappa shape index (κ2) is 4.89. The van der Waals surface area contributed by atoms with E-state index in [9.17, 15) is 8.42 Å². The normalized spacial score (nSPS) is 20.9. The van der Waals surface area contributed by atoms with E-state index >= 15 is 0 Å². The molecule has 1 N–H and O–H groups in total. The van der Waals surface area contributed by atoms with Crippen molar-refractivity contribution in [2.24, 2.45) is 5.92 Å². The number of benzene rings is 1. The Hall–Kier alpha value is -0.910. The molecule has 2 aliphatic rings. The molecule has 0 atom stereocenters. The second-order valence-corrected chi connectivity index (χ2v) is 7.45. The Morgan fingerprint density at radius 1 is 1.16 bits per heavy atom. The van der Waals surface area contributed by atoms with Gasteiger partial charge in [-0.1, -0.05) is 6.07 Å². The number of aliphatic hydroxyl groups is 1. The zero-order valence-corrected chi connectivity index (χ0v) is 11.7. The molecule has 1 aliphatic carbocycles. The SMILES string of the molecule is O=S(=O)(c1ccc2c(c1)CCCC2)N1CC(CO)C1. The van der Waals surface area contributed by atoms with Crippen molar-refractivity contribution in [3.63, 3.8) is 0 Å². The largest absolute Gasteiger partial charge is 0.396 e. The van der Waals surface area contributed by atoms with Gasteiger partial charge in [0.05, 0.1) is 4.90 Å². The van der Waals surface area contributed by atoms with Crippen molar-refractivity contribution >= 4 is 10.0 Å². The first-order chi connectivity index (χ1) is 9.11. The molecule has 104 valence electrons. The summed E-state index contributed by atoms with van der Waals surface area (Å²) in [5.41, 5.74) is 2.48. The third kappa shape index (κ3) is 2.30. The Labute approximate surface area is 114 Å². The van der Waals surface area contributed by atoms with Gasteiger partial charge >= 0.3 is 0 Å². The lowest BCUT2D eigenvalue weighted by Crippen LogP contribution is -2.51. The van der Waals surface area contributed by atoms with Gasteiger partial charge in [0.15, 0.2) is 0 Å². The van der Waals surface area contributed by atoms with Crippen LogP contribution in [0.5, 0.6) is 0 Å². The smallest absolute Gasteiger partial charge is 0.243 e. The number of hydrogen-bond acceptors (Lipinski definition) is 3. The maximum atomic E-state index is 12.4. The third-order valence-electron chi connectivity index (χ3n) is 4.14. The van der Waals surface area contributed by atoms with Crippen LogP contribution in [0, 0.1) is 5.92 Å². The number of sulfonamides is 1. The second-order valence-electron chi connectivity index (χ2n) is 5.51. The molecule has 1 aliphatic heterocycles. The summed E-state index contributed by atoms with van der Waals surface area (Å²) in [6, 6.07) is 5.53. The fourth-order valence-electron chi connectivity index (χ4n) is 2.85. The van der Waals surface area contributed by atoms with E-state index in [1.807, 2.05) is 12.1 Å². The number of aryl methyl sites for hydroxylation is 2. The predicted molar refractivity (Wildman–Crippen MR) is 72.4 cm³/mol. The van der Waals surface area contributed by atoms with Crippen LogP contribution < -0.4 is 0 Å². The molecular weight excluding hydrogens is 262 g/mol. The van der Waals surface area contributed by atoms with Crippen molar-refractivity contribution in [3.05, 3.63) is 29.3 Å². The van der Waals surface area contributed by atoms with E-state index in [4.69, 9.17) is 5.11 Å². The first-order valence-electron chi connectivity index (χ1n) is 6.84. The minimum absolute atomic E-state index is 0.0657. The Morgan fingerprint density at radius 3 is 2.53 bits per heavy atom. The Kier molecular flexibility index (Phi) is 3.37. The highest BCUT2D eigenvalue weighted by atomic mass is 32.2. The van der Waals surface area contributed by atoms with Gasteiger partial charge in [-0.3, -0.25) is 0 Å². The predicted octanol–water partition coefficient (Wildman–Crippen LogP) is 1.18. The first kappa shape index (κ1) is 13.1. The fourth-order valence-corrected chi connectivity index (χ4v) is 4.50. The van der Waals surface area contributed by atoms with Crippen LogP contribution in [-0.4, -0.2) is 37.5 Å². The van der Waals surface area contributed by atoms with E-state index in [0.29, 0.717) is 18.0 Å². The van der Waals surface area contributed by atoms with Crippen LogP contribution in [-0.2, 0) is 22.9 Å². The minimum Gasteiger partial charge on any atom is -0.396 e. The van der Waals surface area contributed by atoms with E-state index in [1.54, 1.807) is 6.07 Å². The molecule has 4 nitrogen and oxygen atoms in total. The van der Waals surface area contributed by atoms with Gasteiger partial charge in [0.1, 0.15) is 0 Å². The molecule has 0 amide bonds. The highest BCUT2D eigenvalue weighted by Gasteiger charge is 2.36. The summed E-state index contributed by atoms with van der Waals surface area (Å²) < 4.78 is 26.3. The minimum atomic E-state index is -3.36. The summed E-state index contributed by atoms with van der Waals surface area (Å²) >= 11 is 0. The van der Waals surface area contributed by atoms with Crippen LogP contribution in [0.15, 0.2) is 23.1 Å². The quantitative estimate of drug-likeness (QED) is 0.905. The van der Waals surface area contributed by atoms with Gasteiger partial charge in [0, 0.05) is 25.6 Å². The lowest BCUT2D eigenvalue weighted by atomic mass is 9.92. The summed E-state index contributed by atoms with van der Waals surface area (Å²) in [7, 11) is -3.36. The Balaban J connectivity index is 1.85. The van der Waals surface area contributed by atoms with Crippen molar-refractivity contribution in [2.75, 3.05) is 19.7 Å². The van der Waals surface area contributed by atoms with Gasteiger partial charge in [0.25, 0.3) is 0 Å². The number of aliphatic hydroxyl groups excluding tert-OH is 1. The van der Waals surface area contributed by atoms with E-state index in [1.165, 1.54) is 21.9 Å². The molecule has 0 bridgehead atoms. The van der Waals surface area contributed by atoms with Crippen LogP contribution in [0.25, 0.3) is 0 Å². The molecule has 1 fully saturated rings. The van der Waals surface area contributed by atoms with Crippen molar-refractivity contribution in [2.45, 2.75) is 30.6 Å². The lowest BCUT2D eigenvalue weighted by Gasteiger charge is -2.37. The van der Waals surface area contributed by atoms with Gasteiger partial charge in [-0.05, 0) is 48.9 Å². The monoisotopic (exact) mass is 281 g/mol. The summed E-state index contributed by atoms with van der Waals surface area (Å²) in [6.07, 6.45) is 4.39. The number of nitrogens with zero attached hydrogens (tertiary/aromatic N) is 1. The van der Waals surface area contributed by atoms with Crippen molar-refractivity contribution in [3.8, 4) is 0 Å². The Morgan fingerprint density at radius 2 is 1.84 bits per heavy atom. The summed E-state index contributed by atoms with van der Waals surface area (Å²) in [4.78, 5) is 0.407. The molecule has 0 saturated carbocycles. The average molecular weight is 281 g/mol. The highest BCUT2D eigenvalue weighted by Crippen LogP contribution is 2.28. The number of rotatable bonds is 3. The van der Waals surface area contributed by atoms with Gasteiger partial charge in [-0.25, -0.2) is 8.42 Å². The van der Waals surface area contributed by atoms with Crippen molar-refractivity contribution < 1.29 is 13.5 Å². The van der Waals surface area contributed by atoms with Crippen LogP contribution in [0.4, 0.5) is 0 Å². The van der Waals surface area contributed by atoms with Gasteiger partial charge in [0.2, 0.25) is 10.0 Å². The molecule has 19 heavy (non-hydrogen) atoms. The molecule has 5 heteroatoms. The molecule has 3 rings (SSSR count). The topological polar surface area (TPSA) is 57.6 Å². The number of hydrogen-bond donors (Lipinski definition) is 1. The number of fused-ring (bicyclic) bond motifs is 1. The molecule has 0 spiro atoms. The van der Waals surface area contributed by atoms with E-state index in [2.05, 4.69) is 0 Å². The van der Waals surface area contributed by atoms with E-state index in [0.717, 1.165) is 19.3 Å². The van der Waals surface area contributed by atoms with Crippen molar-refractivity contribution in [1.82, 2.24) is 4.31 Å². The fraction of sp³-hybridized carbons (Fsp3) is 0.571. The van der Waals surface area contributed by atoms with Gasteiger partial charge in [-0.15, -0.1) is 0 Å². The van der Waals surface area contributed by atoms with Crippen LogP contribution >= 0.6 is 0 Å². The van der Waals surface area contributed by atoms with Gasteiger partial charge < -0.3 is 5.11 Å². The van der Waals surface area contributed by atoms with Crippen molar-refractivity contribution in [1.29, 1.82) is 0 Å². The average Bonchev–Trinajstić information content (AvgIpc) is 2.36.